The zero-order valence-electron chi connectivity index (χ0n) is 19.3. The largest absolute Gasteiger partial charge is 0.493 e. The smallest absolute Gasteiger partial charge is 0.224 e. The van der Waals surface area contributed by atoms with E-state index < -0.39 is 0 Å². The van der Waals surface area contributed by atoms with Gasteiger partial charge in [0, 0.05) is 31.3 Å². The number of hydrogen-bond acceptors (Lipinski definition) is 4. The molecule has 7 nitrogen and oxygen atoms in total. The Bertz CT molecular complexity index is 992. The van der Waals surface area contributed by atoms with Crippen molar-refractivity contribution in [3.8, 4) is 11.5 Å². The molecule has 0 radical (unpaired) electrons. The van der Waals surface area contributed by atoms with E-state index in [-0.39, 0.29) is 29.9 Å². The number of amides is 1. The predicted octanol–water partition coefficient (Wildman–Crippen LogP) is 4.03. The van der Waals surface area contributed by atoms with E-state index in [0.717, 1.165) is 53.2 Å². The lowest BCUT2D eigenvalue weighted by atomic mass is 10.0. The molecule has 0 bridgehead atoms. The summed E-state index contributed by atoms with van der Waals surface area (Å²) in [7, 11) is 1.76. The minimum Gasteiger partial charge on any atom is -0.493 e. The molecule has 178 valence electrons. The van der Waals surface area contributed by atoms with E-state index in [0.29, 0.717) is 26.1 Å². The van der Waals surface area contributed by atoms with E-state index in [1.165, 1.54) is 18.4 Å². The number of halogens is 1. The van der Waals surface area contributed by atoms with E-state index in [2.05, 4.69) is 46.1 Å². The predicted molar refractivity (Wildman–Crippen MR) is 142 cm³/mol. The number of ether oxygens (including phenoxy) is 2. The van der Waals surface area contributed by atoms with Crippen LogP contribution in [0.1, 0.15) is 36.0 Å². The second-order valence-electron chi connectivity index (χ2n) is 8.43. The number of aryl methyl sites for hydroxylation is 2. The van der Waals surface area contributed by atoms with Gasteiger partial charge in [-0.1, -0.05) is 12.1 Å². The topological polar surface area (TPSA) is 84.0 Å². The summed E-state index contributed by atoms with van der Waals surface area (Å²) in [6, 6.07) is 12.1. The van der Waals surface area contributed by atoms with Crippen LogP contribution in [0.5, 0.6) is 11.5 Å². The van der Waals surface area contributed by atoms with Crippen molar-refractivity contribution in [1.82, 2.24) is 10.6 Å². The number of carbonyl (C=O) groups is 1. The van der Waals surface area contributed by atoms with E-state index in [9.17, 15) is 4.79 Å². The first-order valence-electron chi connectivity index (χ1n) is 11.3. The highest BCUT2D eigenvalue weighted by Gasteiger charge is 2.22. The third kappa shape index (κ3) is 7.52. The summed E-state index contributed by atoms with van der Waals surface area (Å²) in [5, 5.41) is 9.53. The van der Waals surface area contributed by atoms with Crippen LogP contribution in [-0.4, -0.2) is 38.7 Å². The van der Waals surface area contributed by atoms with Gasteiger partial charge in [-0.15, -0.1) is 24.0 Å². The number of rotatable bonds is 9. The van der Waals surface area contributed by atoms with E-state index in [1.807, 2.05) is 18.2 Å². The Labute approximate surface area is 212 Å². The third-order valence-electron chi connectivity index (χ3n) is 5.70. The van der Waals surface area contributed by atoms with Crippen molar-refractivity contribution in [3.05, 3.63) is 53.1 Å². The summed E-state index contributed by atoms with van der Waals surface area (Å²) in [4.78, 5) is 15.8. The standard InChI is InChI=1S/C25H32N4O3.HI/c1-17-3-6-20(23(13-17)32-16-18-4-5-18)15-28-25(26-2)27-11-12-31-21-8-9-22-19(14-21)7-10-24(30)29-22;/h3,6,8-9,13-14,18H,4-5,7,10-12,15-16H2,1-2H3,(H,29,30)(H2,26,27,28);1H. The van der Waals surface area contributed by atoms with Gasteiger partial charge < -0.3 is 25.4 Å². The van der Waals surface area contributed by atoms with E-state index in [1.54, 1.807) is 7.05 Å². The fourth-order valence-corrected chi connectivity index (χ4v) is 3.62. The minimum atomic E-state index is 0. The molecule has 8 heteroatoms. The van der Waals surface area contributed by atoms with E-state index >= 15 is 0 Å². The van der Waals surface area contributed by atoms with Crippen LogP contribution < -0.4 is 25.4 Å². The fraction of sp³-hybridized carbons (Fsp3) is 0.440. The number of benzene rings is 2. The number of nitrogens with one attached hydrogen (secondary N) is 3. The van der Waals surface area contributed by atoms with Gasteiger partial charge in [0.05, 0.1) is 13.2 Å². The molecule has 2 aromatic carbocycles. The molecule has 2 aliphatic rings. The Morgan fingerprint density at radius 1 is 1.12 bits per heavy atom. The fourth-order valence-electron chi connectivity index (χ4n) is 3.62. The average Bonchev–Trinajstić information content (AvgIpc) is 3.62. The van der Waals surface area contributed by atoms with Crippen LogP contribution in [0, 0.1) is 12.8 Å². The molecule has 1 saturated carbocycles. The van der Waals surface area contributed by atoms with Gasteiger partial charge in [-0.3, -0.25) is 9.79 Å². The van der Waals surface area contributed by atoms with Gasteiger partial charge in [-0.05, 0) is 67.5 Å². The van der Waals surface area contributed by atoms with Crippen molar-refractivity contribution < 1.29 is 14.3 Å². The maximum Gasteiger partial charge on any atom is 0.224 e. The van der Waals surface area contributed by atoms with Crippen LogP contribution in [0.2, 0.25) is 0 Å². The lowest BCUT2D eigenvalue weighted by molar-refractivity contribution is -0.116. The number of anilines is 1. The Kier molecular flexibility index (Phi) is 9.22. The van der Waals surface area contributed by atoms with Crippen LogP contribution in [0.25, 0.3) is 0 Å². The second-order valence-corrected chi connectivity index (χ2v) is 8.43. The number of fused-ring (bicyclic) bond motifs is 1. The number of nitrogens with zero attached hydrogens (tertiary/aromatic N) is 1. The summed E-state index contributed by atoms with van der Waals surface area (Å²) in [5.41, 5.74) is 4.32. The summed E-state index contributed by atoms with van der Waals surface area (Å²) in [5.74, 6) is 3.27. The molecule has 33 heavy (non-hydrogen) atoms. The summed E-state index contributed by atoms with van der Waals surface area (Å²) >= 11 is 0. The Morgan fingerprint density at radius 2 is 1.97 bits per heavy atom. The monoisotopic (exact) mass is 564 g/mol. The molecule has 1 aliphatic carbocycles. The molecule has 0 spiro atoms. The summed E-state index contributed by atoms with van der Waals surface area (Å²) < 4.78 is 11.9. The van der Waals surface area contributed by atoms with Gasteiger partial charge in [-0.2, -0.15) is 0 Å². The quantitative estimate of drug-likeness (QED) is 0.186. The van der Waals surface area contributed by atoms with Gasteiger partial charge >= 0.3 is 0 Å². The van der Waals surface area contributed by atoms with E-state index in [4.69, 9.17) is 9.47 Å². The van der Waals surface area contributed by atoms with Crippen molar-refractivity contribution in [2.45, 2.75) is 39.2 Å². The van der Waals surface area contributed by atoms with Gasteiger partial charge in [-0.25, -0.2) is 0 Å². The lowest BCUT2D eigenvalue weighted by Crippen LogP contribution is -2.39. The SMILES string of the molecule is CN=C(NCCOc1ccc2c(c1)CCC(=O)N2)NCc1ccc(C)cc1OCC1CC1.I. The molecule has 0 aromatic heterocycles. The first-order valence-corrected chi connectivity index (χ1v) is 11.3. The summed E-state index contributed by atoms with van der Waals surface area (Å²) in [6.45, 7) is 4.64. The number of hydrogen-bond donors (Lipinski definition) is 3. The zero-order valence-corrected chi connectivity index (χ0v) is 21.6. The van der Waals surface area contributed by atoms with Crippen LogP contribution >= 0.6 is 24.0 Å². The molecule has 0 atom stereocenters. The van der Waals surface area contributed by atoms with Gasteiger partial charge in [0.1, 0.15) is 18.1 Å². The van der Waals surface area contributed by atoms with Gasteiger partial charge in [0.15, 0.2) is 5.96 Å². The van der Waals surface area contributed by atoms with Gasteiger partial charge in [0.25, 0.3) is 0 Å². The van der Waals surface area contributed by atoms with Crippen molar-refractivity contribution in [2.24, 2.45) is 10.9 Å². The highest BCUT2D eigenvalue weighted by molar-refractivity contribution is 14.0. The van der Waals surface area contributed by atoms with Crippen molar-refractivity contribution >= 4 is 41.5 Å². The molecule has 2 aromatic rings. The maximum absolute atomic E-state index is 11.5. The van der Waals surface area contributed by atoms with Crippen molar-refractivity contribution in [3.63, 3.8) is 0 Å². The molecule has 1 aliphatic heterocycles. The highest BCUT2D eigenvalue weighted by Crippen LogP contribution is 2.31. The molecule has 1 heterocycles. The number of carbonyl (C=O) groups excluding carboxylic acids is 1. The molecular formula is C25H33IN4O3. The molecule has 3 N–H and O–H groups in total. The van der Waals surface area contributed by atoms with Crippen molar-refractivity contribution in [1.29, 1.82) is 0 Å². The average molecular weight is 564 g/mol. The first kappa shape index (κ1) is 25.1. The molecule has 1 amide bonds. The lowest BCUT2D eigenvalue weighted by Gasteiger charge is -2.18. The number of aliphatic imine (C=N–C) groups is 1. The molecule has 0 unspecified atom stereocenters. The normalized spacial score (nSPS) is 15.1. The minimum absolute atomic E-state index is 0. The molecule has 0 saturated heterocycles. The van der Waals surface area contributed by atoms with Crippen LogP contribution in [0.3, 0.4) is 0 Å². The zero-order chi connectivity index (χ0) is 22.3. The van der Waals surface area contributed by atoms with Gasteiger partial charge in [0.2, 0.25) is 5.91 Å². The highest BCUT2D eigenvalue weighted by atomic mass is 127. The third-order valence-corrected chi connectivity index (χ3v) is 5.70. The van der Waals surface area contributed by atoms with Crippen LogP contribution in [0.4, 0.5) is 5.69 Å². The maximum atomic E-state index is 11.5. The molecular weight excluding hydrogens is 531 g/mol. The summed E-state index contributed by atoms with van der Waals surface area (Å²) in [6.07, 6.45) is 3.83. The van der Waals surface area contributed by atoms with Crippen LogP contribution in [0.15, 0.2) is 41.4 Å². The molecule has 4 rings (SSSR count). The van der Waals surface area contributed by atoms with Crippen molar-refractivity contribution in [2.75, 3.05) is 32.1 Å². The Hall–Kier alpha value is -2.49. The Balaban J connectivity index is 0.00000306. The second kappa shape index (κ2) is 12.1. The van der Waals surface area contributed by atoms with Crippen LogP contribution in [-0.2, 0) is 17.8 Å². The first-order chi connectivity index (χ1) is 15.6. The molecule has 1 fully saturated rings. The Morgan fingerprint density at radius 3 is 2.76 bits per heavy atom. The number of guanidine groups is 1.